The summed E-state index contributed by atoms with van der Waals surface area (Å²) in [6.45, 7) is 5.06. The molecule has 0 radical (unpaired) electrons. The molecule has 0 aliphatic carbocycles. The Bertz CT molecular complexity index is 826. The molecule has 1 aromatic carbocycles. The highest BCUT2D eigenvalue weighted by molar-refractivity contribution is 8.18. The first kappa shape index (κ1) is 18.9. The fourth-order valence-electron chi connectivity index (χ4n) is 2.79. The van der Waals surface area contributed by atoms with E-state index in [0.717, 1.165) is 24.5 Å². The quantitative estimate of drug-likeness (QED) is 0.797. The average molecular weight is 395 g/mol. The lowest BCUT2D eigenvalue weighted by Crippen LogP contribution is -2.27. The lowest BCUT2D eigenvalue weighted by atomic mass is 10.3. The second-order valence-electron chi connectivity index (χ2n) is 6.21. The Kier molecular flexibility index (Phi) is 6.00. The Hall–Kier alpha value is -1.84. The number of sulfonamides is 1. The summed E-state index contributed by atoms with van der Waals surface area (Å²) in [5, 5.41) is 3.00. The largest absolute Gasteiger partial charge is 0.326 e. The summed E-state index contributed by atoms with van der Waals surface area (Å²) in [6.07, 6.45) is 4.63. The van der Waals surface area contributed by atoms with Crippen LogP contribution in [-0.4, -0.2) is 50.6 Å². The van der Waals surface area contributed by atoms with Crippen molar-refractivity contribution in [2.24, 2.45) is 4.99 Å². The summed E-state index contributed by atoms with van der Waals surface area (Å²) in [7, 11) is -3.69. The smallest absolute Gasteiger partial charge is 0.263 e. The first-order valence-corrected chi connectivity index (χ1v) is 10.8. The van der Waals surface area contributed by atoms with E-state index in [-0.39, 0.29) is 10.8 Å². The first-order chi connectivity index (χ1) is 12.4. The minimum Gasteiger partial charge on any atom is -0.326 e. The van der Waals surface area contributed by atoms with E-state index in [1.807, 2.05) is 0 Å². The van der Waals surface area contributed by atoms with Crippen molar-refractivity contribution in [1.82, 2.24) is 9.62 Å². The molecule has 1 saturated heterocycles. The molecule has 2 aliphatic heterocycles. The normalized spacial score (nSPS) is 19.6. The van der Waals surface area contributed by atoms with Crippen LogP contribution in [0.3, 0.4) is 0 Å². The number of amidine groups is 1. The van der Waals surface area contributed by atoms with Crippen LogP contribution in [0.5, 0.6) is 0 Å². The van der Waals surface area contributed by atoms with Crippen LogP contribution in [0.2, 0.25) is 0 Å². The maximum absolute atomic E-state index is 12.5. The van der Waals surface area contributed by atoms with Crippen LogP contribution in [-0.2, 0) is 14.8 Å². The number of hydrogen-bond donors (Lipinski definition) is 2. The Morgan fingerprint density at radius 2 is 1.96 bits per heavy atom. The molecule has 26 heavy (non-hydrogen) atoms. The molecule has 0 aromatic heterocycles. The van der Waals surface area contributed by atoms with Gasteiger partial charge >= 0.3 is 0 Å². The molecule has 140 valence electrons. The highest BCUT2D eigenvalue weighted by atomic mass is 32.2. The van der Waals surface area contributed by atoms with Crippen LogP contribution in [0.4, 0.5) is 5.69 Å². The van der Waals surface area contributed by atoms with Crippen molar-refractivity contribution in [3.05, 3.63) is 35.2 Å². The van der Waals surface area contributed by atoms with Gasteiger partial charge in [-0.05, 0) is 50.2 Å². The first-order valence-electron chi connectivity index (χ1n) is 8.46. The van der Waals surface area contributed by atoms with E-state index < -0.39 is 10.0 Å². The molecule has 2 aliphatic rings. The molecule has 0 bridgehead atoms. The number of carbonyl (C=O) groups is 1. The van der Waals surface area contributed by atoms with E-state index in [1.54, 1.807) is 12.1 Å². The average Bonchev–Trinajstić information content (AvgIpc) is 3.24. The molecule has 7 nitrogen and oxygen atoms in total. The van der Waals surface area contributed by atoms with Gasteiger partial charge in [0.25, 0.3) is 10.0 Å². The molecule has 2 heterocycles. The number of amides is 1. The van der Waals surface area contributed by atoms with Gasteiger partial charge in [0, 0.05) is 24.1 Å². The summed E-state index contributed by atoms with van der Waals surface area (Å²) < 4.78 is 27.5. The van der Waals surface area contributed by atoms with Crippen molar-refractivity contribution in [3.8, 4) is 0 Å². The zero-order valence-corrected chi connectivity index (χ0v) is 16.2. The molecule has 0 saturated carbocycles. The zero-order chi connectivity index (χ0) is 18.6. The topological polar surface area (TPSA) is 90.9 Å². The molecular weight excluding hydrogens is 372 g/mol. The number of nitrogens with zero attached hydrogens (tertiary/aromatic N) is 2. The summed E-state index contributed by atoms with van der Waals surface area (Å²) >= 11 is 1.36. The number of rotatable bonds is 5. The van der Waals surface area contributed by atoms with Gasteiger partial charge in [-0.25, -0.2) is 8.42 Å². The monoisotopic (exact) mass is 394 g/mol. The third-order valence-corrected chi connectivity index (χ3v) is 6.56. The van der Waals surface area contributed by atoms with Crippen LogP contribution >= 0.6 is 11.8 Å². The van der Waals surface area contributed by atoms with E-state index in [0.29, 0.717) is 17.4 Å². The van der Waals surface area contributed by atoms with Gasteiger partial charge in [-0.15, -0.1) is 0 Å². The number of hydrogen-bond acceptors (Lipinski definition) is 6. The summed E-state index contributed by atoms with van der Waals surface area (Å²) in [5.74, 6) is -0.205. The lowest BCUT2D eigenvalue weighted by molar-refractivity contribution is -0.114. The molecule has 1 fully saturated rings. The van der Waals surface area contributed by atoms with E-state index in [2.05, 4.69) is 26.0 Å². The van der Waals surface area contributed by atoms with Crippen LogP contribution in [0.15, 0.2) is 45.1 Å². The van der Waals surface area contributed by atoms with Crippen molar-refractivity contribution < 1.29 is 13.2 Å². The Morgan fingerprint density at radius 3 is 2.62 bits per heavy atom. The number of nitrogens with one attached hydrogen (secondary N) is 2. The third-order valence-electron chi connectivity index (χ3n) is 4.09. The minimum atomic E-state index is -3.69. The van der Waals surface area contributed by atoms with Crippen molar-refractivity contribution in [1.29, 1.82) is 0 Å². The molecule has 3 rings (SSSR count). The SMILES string of the molecule is CC(=O)Nc1ccc(S(=O)(=O)NC2=NC/C(=C/CN3CCCC3)S2)cc1. The van der Waals surface area contributed by atoms with Gasteiger partial charge in [-0.3, -0.25) is 19.4 Å². The fourth-order valence-corrected chi connectivity index (χ4v) is 4.86. The van der Waals surface area contributed by atoms with Crippen molar-refractivity contribution in [2.75, 3.05) is 31.5 Å². The Balaban J connectivity index is 1.57. The number of anilines is 1. The molecule has 2 N–H and O–H groups in total. The standard InChI is InChI=1S/C17H22N4O3S2/c1-13(22)19-14-4-6-16(7-5-14)26(23,24)20-17-18-12-15(25-17)8-11-21-9-2-3-10-21/h4-8H,2-3,9-12H2,1H3,(H,18,20)(H,19,22)/b15-8-. The lowest BCUT2D eigenvalue weighted by Gasteiger charge is -2.11. The molecule has 1 amide bonds. The number of likely N-dealkylation sites (tertiary alicyclic amines) is 1. The number of benzene rings is 1. The summed E-state index contributed by atoms with van der Waals surface area (Å²) in [6, 6.07) is 6.03. The number of aliphatic imine (C=N–C) groups is 1. The van der Waals surface area contributed by atoms with Crippen LogP contribution in [0.1, 0.15) is 19.8 Å². The van der Waals surface area contributed by atoms with Crippen molar-refractivity contribution in [2.45, 2.75) is 24.7 Å². The Labute approximate surface area is 158 Å². The molecular formula is C17H22N4O3S2. The molecule has 0 atom stereocenters. The fraction of sp³-hybridized carbons (Fsp3) is 0.412. The molecule has 0 unspecified atom stereocenters. The predicted molar refractivity (Wildman–Crippen MR) is 105 cm³/mol. The second kappa shape index (κ2) is 8.24. The van der Waals surface area contributed by atoms with Gasteiger partial charge in [-0.2, -0.15) is 0 Å². The molecule has 0 spiro atoms. The zero-order valence-electron chi connectivity index (χ0n) is 14.6. The minimum absolute atomic E-state index is 0.129. The van der Waals surface area contributed by atoms with Gasteiger partial charge in [-0.1, -0.05) is 17.8 Å². The number of carbonyl (C=O) groups excluding carboxylic acids is 1. The molecule has 1 aromatic rings. The van der Waals surface area contributed by atoms with E-state index in [9.17, 15) is 13.2 Å². The van der Waals surface area contributed by atoms with Gasteiger partial charge in [0.2, 0.25) is 5.91 Å². The van der Waals surface area contributed by atoms with Gasteiger partial charge in [0.05, 0.1) is 11.4 Å². The Morgan fingerprint density at radius 1 is 1.27 bits per heavy atom. The van der Waals surface area contributed by atoms with Gasteiger partial charge < -0.3 is 5.32 Å². The highest BCUT2D eigenvalue weighted by Gasteiger charge is 2.21. The van der Waals surface area contributed by atoms with E-state index in [4.69, 9.17) is 0 Å². The summed E-state index contributed by atoms with van der Waals surface area (Å²) in [5.41, 5.74) is 0.552. The van der Waals surface area contributed by atoms with Crippen LogP contribution < -0.4 is 10.0 Å². The van der Waals surface area contributed by atoms with Gasteiger partial charge in [0.15, 0.2) is 5.17 Å². The van der Waals surface area contributed by atoms with Crippen molar-refractivity contribution >= 4 is 38.5 Å². The predicted octanol–water partition coefficient (Wildman–Crippen LogP) is 2.01. The van der Waals surface area contributed by atoms with Crippen LogP contribution in [0.25, 0.3) is 0 Å². The van der Waals surface area contributed by atoms with E-state index >= 15 is 0 Å². The van der Waals surface area contributed by atoms with Crippen molar-refractivity contribution in [3.63, 3.8) is 0 Å². The number of thioether (sulfide) groups is 1. The third kappa shape index (κ3) is 5.09. The summed E-state index contributed by atoms with van der Waals surface area (Å²) in [4.78, 5) is 18.9. The van der Waals surface area contributed by atoms with Gasteiger partial charge in [0.1, 0.15) is 0 Å². The molecule has 9 heteroatoms. The maximum atomic E-state index is 12.5. The highest BCUT2D eigenvalue weighted by Crippen LogP contribution is 2.25. The maximum Gasteiger partial charge on any atom is 0.263 e. The second-order valence-corrected chi connectivity index (χ2v) is 9.01. The van der Waals surface area contributed by atoms with E-state index in [1.165, 1.54) is 43.7 Å². The van der Waals surface area contributed by atoms with Crippen LogP contribution in [0, 0.1) is 0 Å².